The van der Waals surface area contributed by atoms with E-state index >= 15 is 0 Å². The second-order valence-corrected chi connectivity index (χ2v) is 5.85. The first-order chi connectivity index (χ1) is 11.6. The Hall–Kier alpha value is -2.34. The number of Topliss-reactive ketones (excluding diaryl/α,β-unsaturated/α-hetero) is 1. The summed E-state index contributed by atoms with van der Waals surface area (Å²) >= 11 is 0. The molecule has 3 heterocycles. The number of halogens is 1. The first kappa shape index (κ1) is 16.5. The number of carbonyl (C=O) groups excluding carboxylic acids is 1. The first-order valence-electron chi connectivity index (χ1n) is 7.97. The summed E-state index contributed by atoms with van der Waals surface area (Å²) in [6, 6.07) is 6.24. The molecule has 1 aliphatic rings. The van der Waals surface area contributed by atoms with Gasteiger partial charge in [0, 0.05) is 30.1 Å². The molecule has 0 bridgehead atoms. The Bertz CT molecular complexity index is 713. The zero-order valence-electron chi connectivity index (χ0n) is 13.5. The monoisotopic (exact) mass is 330 g/mol. The molecule has 0 aliphatic carbocycles. The van der Waals surface area contributed by atoms with E-state index in [0.717, 1.165) is 25.6 Å². The molecular weight excluding hydrogens is 311 g/mol. The molecule has 0 amide bonds. The van der Waals surface area contributed by atoms with E-state index in [9.17, 15) is 9.18 Å². The van der Waals surface area contributed by atoms with Crippen LogP contribution >= 0.6 is 0 Å². The Morgan fingerprint density at radius 3 is 3.00 bits per heavy atom. The molecule has 24 heavy (non-hydrogen) atoms. The van der Waals surface area contributed by atoms with Crippen molar-refractivity contribution in [1.29, 1.82) is 0 Å². The van der Waals surface area contributed by atoms with Crippen LogP contribution in [0.4, 0.5) is 4.39 Å². The Morgan fingerprint density at radius 1 is 1.42 bits per heavy atom. The number of aryl methyl sites for hydroxylation is 1. The number of carbonyl (C=O) groups is 1. The quantitative estimate of drug-likeness (QED) is 0.789. The fourth-order valence-corrected chi connectivity index (χ4v) is 2.61. The van der Waals surface area contributed by atoms with Crippen molar-refractivity contribution in [1.82, 2.24) is 9.97 Å². The van der Waals surface area contributed by atoms with Crippen molar-refractivity contribution in [2.45, 2.75) is 32.3 Å². The number of hydrogen-bond donors (Lipinski definition) is 0. The molecule has 0 unspecified atom stereocenters. The van der Waals surface area contributed by atoms with Crippen LogP contribution in [0, 0.1) is 12.7 Å². The van der Waals surface area contributed by atoms with Crippen LogP contribution in [0.25, 0.3) is 0 Å². The number of ketones is 1. The van der Waals surface area contributed by atoms with Crippen molar-refractivity contribution < 1.29 is 18.7 Å². The van der Waals surface area contributed by atoms with E-state index in [-0.39, 0.29) is 18.3 Å². The number of rotatable bonds is 5. The van der Waals surface area contributed by atoms with E-state index in [4.69, 9.17) is 9.47 Å². The zero-order chi connectivity index (χ0) is 16.9. The number of hydrogen-bond acceptors (Lipinski definition) is 5. The molecule has 0 aromatic carbocycles. The SMILES string of the molecule is Cc1cc(O[C@H]2CCCOC2)cc(C(=O)Cc2ccc(F)cn2)n1. The Morgan fingerprint density at radius 2 is 2.29 bits per heavy atom. The number of ether oxygens (including phenoxy) is 2. The number of aromatic nitrogens is 2. The molecule has 0 radical (unpaired) electrons. The van der Waals surface area contributed by atoms with Gasteiger partial charge in [-0.3, -0.25) is 9.78 Å². The average molecular weight is 330 g/mol. The first-order valence-corrected chi connectivity index (χ1v) is 7.97. The summed E-state index contributed by atoms with van der Waals surface area (Å²) in [5.74, 6) is 0.0150. The summed E-state index contributed by atoms with van der Waals surface area (Å²) in [4.78, 5) is 20.6. The fourth-order valence-electron chi connectivity index (χ4n) is 2.61. The van der Waals surface area contributed by atoms with Crippen LogP contribution in [0.1, 0.15) is 34.7 Å². The zero-order valence-corrected chi connectivity index (χ0v) is 13.5. The maximum absolute atomic E-state index is 12.9. The lowest BCUT2D eigenvalue weighted by Crippen LogP contribution is -2.28. The third-order valence-corrected chi connectivity index (χ3v) is 3.76. The van der Waals surface area contributed by atoms with Gasteiger partial charge < -0.3 is 9.47 Å². The molecule has 0 N–H and O–H groups in total. The standard InChI is InChI=1S/C18H19FN2O3/c1-12-7-16(24-15-3-2-6-23-11-15)9-17(21-12)18(22)8-14-5-4-13(19)10-20-14/h4-5,7,9-10,15H,2-3,6,8,11H2,1H3/t15-/m0/s1. The predicted octanol–water partition coefficient (Wildman–Crippen LogP) is 2.91. The minimum absolute atomic E-state index is 0.00210. The van der Waals surface area contributed by atoms with Gasteiger partial charge in [-0.05, 0) is 31.9 Å². The van der Waals surface area contributed by atoms with Crippen LogP contribution in [0.3, 0.4) is 0 Å². The van der Waals surface area contributed by atoms with Crippen molar-refractivity contribution in [3.63, 3.8) is 0 Å². The highest BCUT2D eigenvalue weighted by molar-refractivity contribution is 5.95. The van der Waals surface area contributed by atoms with Gasteiger partial charge in [-0.1, -0.05) is 0 Å². The van der Waals surface area contributed by atoms with E-state index in [1.165, 1.54) is 12.1 Å². The lowest BCUT2D eigenvalue weighted by atomic mass is 10.1. The highest BCUT2D eigenvalue weighted by Gasteiger charge is 2.17. The lowest BCUT2D eigenvalue weighted by Gasteiger charge is -2.23. The average Bonchev–Trinajstić information content (AvgIpc) is 2.57. The Balaban J connectivity index is 1.72. The molecule has 1 atom stereocenters. The van der Waals surface area contributed by atoms with Gasteiger partial charge in [-0.2, -0.15) is 0 Å². The van der Waals surface area contributed by atoms with Crippen LogP contribution in [-0.2, 0) is 11.2 Å². The topological polar surface area (TPSA) is 61.3 Å². The summed E-state index contributed by atoms with van der Waals surface area (Å²) in [7, 11) is 0. The van der Waals surface area contributed by atoms with Gasteiger partial charge in [0.15, 0.2) is 5.78 Å². The minimum atomic E-state index is -0.426. The van der Waals surface area contributed by atoms with E-state index in [0.29, 0.717) is 29.4 Å². The molecular formula is C18H19FN2O3. The fraction of sp³-hybridized carbons (Fsp3) is 0.389. The molecule has 2 aromatic heterocycles. The third-order valence-electron chi connectivity index (χ3n) is 3.76. The van der Waals surface area contributed by atoms with Crippen LogP contribution in [-0.4, -0.2) is 35.1 Å². The lowest BCUT2D eigenvalue weighted by molar-refractivity contribution is 0.00734. The predicted molar refractivity (Wildman–Crippen MR) is 85.7 cm³/mol. The van der Waals surface area contributed by atoms with E-state index in [2.05, 4.69) is 9.97 Å². The van der Waals surface area contributed by atoms with Gasteiger partial charge in [-0.25, -0.2) is 9.37 Å². The summed E-state index contributed by atoms with van der Waals surface area (Å²) < 4.78 is 24.2. The van der Waals surface area contributed by atoms with Crippen molar-refractivity contribution in [2.75, 3.05) is 13.2 Å². The van der Waals surface area contributed by atoms with E-state index < -0.39 is 5.82 Å². The smallest absolute Gasteiger partial charge is 0.187 e. The van der Waals surface area contributed by atoms with E-state index in [1.54, 1.807) is 6.07 Å². The van der Waals surface area contributed by atoms with Gasteiger partial charge in [0.1, 0.15) is 23.4 Å². The molecule has 3 rings (SSSR count). The van der Waals surface area contributed by atoms with E-state index in [1.807, 2.05) is 13.0 Å². The van der Waals surface area contributed by atoms with Crippen LogP contribution in [0.2, 0.25) is 0 Å². The largest absolute Gasteiger partial charge is 0.488 e. The molecule has 1 saturated heterocycles. The molecule has 126 valence electrons. The third kappa shape index (κ3) is 4.35. The number of nitrogens with zero attached hydrogens (tertiary/aromatic N) is 2. The van der Waals surface area contributed by atoms with Crippen LogP contribution < -0.4 is 4.74 Å². The summed E-state index contributed by atoms with van der Waals surface area (Å²) in [6.45, 7) is 3.14. The molecule has 5 nitrogen and oxygen atoms in total. The van der Waals surface area contributed by atoms with Crippen LogP contribution in [0.15, 0.2) is 30.5 Å². The molecule has 0 saturated carbocycles. The highest BCUT2D eigenvalue weighted by atomic mass is 19.1. The summed E-state index contributed by atoms with van der Waals surface area (Å²) in [6.07, 6.45) is 3.08. The van der Waals surface area contributed by atoms with Crippen molar-refractivity contribution in [2.24, 2.45) is 0 Å². The summed E-state index contributed by atoms with van der Waals surface area (Å²) in [5, 5.41) is 0. The maximum Gasteiger partial charge on any atom is 0.187 e. The summed E-state index contributed by atoms with van der Waals surface area (Å²) in [5.41, 5.74) is 1.54. The van der Waals surface area contributed by atoms with Crippen molar-refractivity contribution in [3.8, 4) is 5.75 Å². The number of pyridine rings is 2. The maximum atomic E-state index is 12.9. The van der Waals surface area contributed by atoms with Crippen molar-refractivity contribution in [3.05, 3.63) is 53.4 Å². The molecule has 2 aromatic rings. The molecule has 0 spiro atoms. The second kappa shape index (κ2) is 7.49. The molecule has 1 fully saturated rings. The molecule has 1 aliphatic heterocycles. The molecule has 6 heteroatoms. The van der Waals surface area contributed by atoms with Gasteiger partial charge in [0.2, 0.25) is 0 Å². The minimum Gasteiger partial charge on any atom is -0.488 e. The highest BCUT2D eigenvalue weighted by Crippen LogP contribution is 2.20. The van der Waals surface area contributed by atoms with Gasteiger partial charge >= 0.3 is 0 Å². The Labute approximate surface area is 139 Å². The van der Waals surface area contributed by atoms with Gasteiger partial charge in [0.05, 0.1) is 19.2 Å². The Kier molecular flexibility index (Phi) is 5.15. The van der Waals surface area contributed by atoms with Gasteiger partial charge in [0.25, 0.3) is 0 Å². The van der Waals surface area contributed by atoms with Crippen molar-refractivity contribution >= 4 is 5.78 Å². The second-order valence-electron chi connectivity index (χ2n) is 5.85. The van der Waals surface area contributed by atoms with Gasteiger partial charge in [-0.15, -0.1) is 0 Å². The normalized spacial score (nSPS) is 17.5. The van der Waals surface area contributed by atoms with Crippen LogP contribution in [0.5, 0.6) is 5.75 Å².